The molecule has 0 unspecified atom stereocenters. The Bertz CT molecular complexity index is 491. The third-order valence-corrected chi connectivity index (χ3v) is 2.67. The Hall–Kier alpha value is -0.860. The molecule has 0 bridgehead atoms. The predicted molar refractivity (Wildman–Crippen MR) is 67.0 cm³/mol. The minimum absolute atomic E-state index is 0. The molecule has 1 aromatic carbocycles. The van der Waals surface area contributed by atoms with Crippen molar-refractivity contribution < 1.29 is 4.42 Å². The third kappa shape index (κ3) is 1.92. The van der Waals surface area contributed by atoms with Crippen LogP contribution in [0.3, 0.4) is 0 Å². The minimum Gasteiger partial charge on any atom is -0.459 e. The quantitative estimate of drug-likeness (QED) is 0.773. The van der Waals surface area contributed by atoms with E-state index in [2.05, 4.69) is 6.92 Å². The summed E-state index contributed by atoms with van der Waals surface area (Å²) in [5.74, 6) is 0.981. The van der Waals surface area contributed by atoms with E-state index < -0.39 is 0 Å². The number of fused-ring (bicyclic) bond motifs is 1. The molecule has 0 aliphatic carbocycles. The second-order valence-electron chi connectivity index (χ2n) is 3.38. The predicted octanol–water partition coefficient (Wildman–Crippen LogP) is 3.96. The number of nitrogen functional groups attached to an aromatic ring is 1. The molecule has 1 heterocycles. The van der Waals surface area contributed by atoms with Crippen LogP contribution in [0, 0.1) is 6.92 Å². The van der Waals surface area contributed by atoms with Gasteiger partial charge in [0.15, 0.2) is 5.58 Å². The topological polar surface area (TPSA) is 39.2 Å². The molecule has 1 aromatic heterocycles. The molecule has 4 heteroatoms. The number of nitrogens with two attached hydrogens (primary N) is 1. The van der Waals surface area contributed by atoms with Crippen LogP contribution >= 0.6 is 24.0 Å². The van der Waals surface area contributed by atoms with E-state index in [1.165, 1.54) is 0 Å². The molecule has 0 aliphatic rings. The van der Waals surface area contributed by atoms with Gasteiger partial charge in [0.1, 0.15) is 5.76 Å². The van der Waals surface area contributed by atoms with Gasteiger partial charge in [-0.25, -0.2) is 0 Å². The Labute approximate surface area is 99.8 Å². The Balaban J connectivity index is 0.00000112. The van der Waals surface area contributed by atoms with Crippen molar-refractivity contribution in [2.45, 2.75) is 20.3 Å². The molecule has 2 aromatic rings. The van der Waals surface area contributed by atoms with E-state index in [4.69, 9.17) is 21.8 Å². The molecule has 82 valence electrons. The van der Waals surface area contributed by atoms with Crippen molar-refractivity contribution in [2.24, 2.45) is 0 Å². The molecule has 0 spiro atoms. The smallest absolute Gasteiger partial charge is 0.157 e. The molecule has 0 radical (unpaired) electrons. The van der Waals surface area contributed by atoms with Gasteiger partial charge in [0.2, 0.25) is 0 Å². The standard InChI is InChI=1S/C11H12ClNO.ClH/c1-3-10-6(2)8-4-7(12)5-9(13)11(8)14-10;/h4-5H,3,13H2,1-2H3;1H. The van der Waals surface area contributed by atoms with E-state index >= 15 is 0 Å². The summed E-state index contributed by atoms with van der Waals surface area (Å²) in [5.41, 5.74) is 8.31. The van der Waals surface area contributed by atoms with E-state index in [-0.39, 0.29) is 12.4 Å². The maximum Gasteiger partial charge on any atom is 0.157 e. The highest BCUT2D eigenvalue weighted by molar-refractivity contribution is 6.31. The third-order valence-electron chi connectivity index (χ3n) is 2.45. The summed E-state index contributed by atoms with van der Waals surface area (Å²) in [7, 11) is 0. The van der Waals surface area contributed by atoms with Crippen LogP contribution in [0.2, 0.25) is 5.02 Å². The van der Waals surface area contributed by atoms with E-state index in [0.29, 0.717) is 10.7 Å². The molecule has 0 saturated heterocycles. The molecular formula is C11H13Cl2NO. The zero-order valence-electron chi connectivity index (χ0n) is 8.63. The SMILES string of the molecule is CCc1oc2c(N)cc(Cl)cc2c1C.Cl. The molecule has 0 aliphatic heterocycles. The van der Waals surface area contributed by atoms with Gasteiger partial charge in [-0.05, 0) is 24.6 Å². The normalized spacial score (nSPS) is 10.3. The van der Waals surface area contributed by atoms with Crippen molar-refractivity contribution in [3.05, 3.63) is 28.5 Å². The number of hydrogen-bond acceptors (Lipinski definition) is 2. The van der Waals surface area contributed by atoms with Crippen molar-refractivity contribution in [1.29, 1.82) is 0 Å². The van der Waals surface area contributed by atoms with E-state index in [9.17, 15) is 0 Å². The van der Waals surface area contributed by atoms with Gasteiger partial charge in [-0.1, -0.05) is 18.5 Å². The number of hydrogen-bond donors (Lipinski definition) is 1. The van der Waals surface area contributed by atoms with Crippen LogP contribution in [0.15, 0.2) is 16.5 Å². The average molecular weight is 246 g/mol. The summed E-state index contributed by atoms with van der Waals surface area (Å²) >= 11 is 5.93. The van der Waals surface area contributed by atoms with Crippen molar-refractivity contribution >= 4 is 40.7 Å². The van der Waals surface area contributed by atoms with E-state index in [0.717, 1.165) is 28.7 Å². The lowest BCUT2D eigenvalue weighted by Gasteiger charge is -1.95. The highest BCUT2D eigenvalue weighted by Gasteiger charge is 2.11. The summed E-state index contributed by atoms with van der Waals surface area (Å²) in [6, 6.07) is 3.61. The second-order valence-corrected chi connectivity index (χ2v) is 3.81. The van der Waals surface area contributed by atoms with Crippen molar-refractivity contribution in [2.75, 3.05) is 5.73 Å². The highest BCUT2D eigenvalue weighted by atomic mass is 35.5. The summed E-state index contributed by atoms with van der Waals surface area (Å²) in [6.07, 6.45) is 0.873. The van der Waals surface area contributed by atoms with Crippen LogP contribution in [-0.2, 0) is 6.42 Å². The molecule has 0 fully saturated rings. The Morgan fingerprint density at radius 2 is 2.07 bits per heavy atom. The van der Waals surface area contributed by atoms with Crippen LogP contribution < -0.4 is 5.73 Å². The number of benzene rings is 1. The number of rotatable bonds is 1. The average Bonchev–Trinajstić information content (AvgIpc) is 2.44. The fourth-order valence-corrected chi connectivity index (χ4v) is 1.92. The van der Waals surface area contributed by atoms with Crippen LogP contribution in [0.1, 0.15) is 18.2 Å². The first-order chi connectivity index (χ1) is 6.63. The fourth-order valence-electron chi connectivity index (χ4n) is 1.69. The summed E-state index contributed by atoms with van der Waals surface area (Å²) in [4.78, 5) is 0. The molecule has 0 amide bonds. The summed E-state index contributed by atoms with van der Waals surface area (Å²) < 4.78 is 5.65. The minimum atomic E-state index is 0. The number of anilines is 1. The van der Waals surface area contributed by atoms with Crippen LogP contribution in [-0.4, -0.2) is 0 Å². The molecular weight excluding hydrogens is 233 g/mol. The first-order valence-corrected chi connectivity index (χ1v) is 4.98. The number of halogens is 2. The lowest BCUT2D eigenvalue weighted by Crippen LogP contribution is -1.84. The Kier molecular flexibility index (Phi) is 3.53. The largest absolute Gasteiger partial charge is 0.459 e. The van der Waals surface area contributed by atoms with Gasteiger partial charge in [0, 0.05) is 16.8 Å². The molecule has 15 heavy (non-hydrogen) atoms. The van der Waals surface area contributed by atoms with Gasteiger partial charge in [-0.2, -0.15) is 0 Å². The zero-order chi connectivity index (χ0) is 10.3. The second kappa shape index (κ2) is 4.33. The maximum atomic E-state index is 5.93. The summed E-state index contributed by atoms with van der Waals surface area (Å²) in [6.45, 7) is 4.09. The summed E-state index contributed by atoms with van der Waals surface area (Å²) in [5, 5.41) is 1.67. The van der Waals surface area contributed by atoms with Gasteiger partial charge in [0.05, 0.1) is 5.69 Å². The van der Waals surface area contributed by atoms with Gasteiger partial charge in [-0.3, -0.25) is 0 Å². The highest BCUT2D eigenvalue weighted by Crippen LogP contribution is 2.32. The Morgan fingerprint density at radius 3 is 2.67 bits per heavy atom. The number of furan rings is 1. The van der Waals surface area contributed by atoms with Crippen LogP contribution in [0.5, 0.6) is 0 Å². The Morgan fingerprint density at radius 1 is 1.40 bits per heavy atom. The fraction of sp³-hybridized carbons (Fsp3) is 0.273. The lowest BCUT2D eigenvalue weighted by atomic mass is 10.1. The molecule has 0 atom stereocenters. The van der Waals surface area contributed by atoms with Crippen LogP contribution in [0.25, 0.3) is 11.0 Å². The van der Waals surface area contributed by atoms with E-state index in [1.807, 2.05) is 13.0 Å². The van der Waals surface area contributed by atoms with E-state index in [1.54, 1.807) is 6.07 Å². The van der Waals surface area contributed by atoms with Crippen molar-refractivity contribution in [3.8, 4) is 0 Å². The maximum absolute atomic E-state index is 5.93. The van der Waals surface area contributed by atoms with Crippen molar-refractivity contribution in [1.82, 2.24) is 0 Å². The monoisotopic (exact) mass is 245 g/mol. The number of aryl methyl sites for hydroxylation is 2. The van der Waals surface area contributed by atoms with Gasteiger partial charge in [-0.15, -0.1) is 12.4 Å². The molecule has 2 nitrogen and oxygen atoms in total. The molecule has 2 N–H and O–H groups in total. The van der Waals surface area contributed by atoms with Crippen LogP contribution in [0.4, 0.5) is 5.69 Å². The van der Waals surface area contributed by atoms with Gasteiger partial charge < -0.3 is 10.2 Å². The molecule has 0 saturated carbocycles. The first kappa shape index (κ1) is 12.2. The van der Waals surface area contributed by atoms with Crippen molar-refractivity contribution in [3.63, 3.8) is 0 Å². The first-order valence-electron chi connectivity index (χ1n) is 4.60. The zero-order valence-corrected chi connectivity index (χ0v) is 10.2. The van der Waals surface area contributed by atoms with Gasteiger partial charge >= 0.3 is 0 Å². The lowest BCUT2D eigenvalue weighted by molar-refractivity contribution is 0.554. The molecule has 2 rings (SSSR count). The van der Waals surface area contributed by atoms with Gasteiger partial charge in [0.25, 0.3) is 0 Å².